The van der Waals surface area contributed by atoms with Crippen LogP contribution in [0.2, 0.25) is 0 Å². The molecule has 0 spiro atoms. The second-order valence-corrected chi connectivity index (χ2v) is 10.1. The number of alkyl halides is 2. The van der Waals surface area contributed by atoms with Crippen LogP contribution in [0.25, 0.3) is 5.84 Å². The van der Waals surface area contributed by atoms with Crippen LogP contribution in [-0.2, 0) is 9.22 Å². The SMILES string of the molecule is [NH-][NH+]1CI1Cc1ccc(N)c(C(=O)C[C@H](N)C(=O)O)c1. The second-order valence-electron chi connectivity index (χ2n) is 4.62. The van der Waals surface area contributed by atoms with Crippen molar-refractivity contribution in [3.63, 3.8) is 0 Å². The summed E-state index contributed by atoms with van der Waals surface area (Å²) < 4.78 is 2.71. The molecule has 1 fully saturated rings. The van der Waals surface area contributed by atoms with E-state index in [-0.39, 0.29) is 12.2 Å². The summed E-state index contributed by atoms with van der Waals surface area (Å²) in [5.41, 5.74) is 12.8. The normalized spacial score (nSPS) is 20.5. The molecular weight excluding hydrogens is 375 g/mol. The maximum atomic E-state index is 12.0. The molecule has 1 aliphatic heterocycles. The molecule has 1 saturated heterocycles. The van der Waals surface area contributed by atoms with Gasteiger partial charge >= 0.3 is 124 Å². The van der Waals surface area contributed by atoms with Crippen LogP contribution in [0.1, 0.15) is 22.3 Å². The summed E-state index contributed by atoms with van der Waals surface area (Å²) in [4.78, 5) is 22.7. The van der Waals surface area contributed by atoms with Crippen LogP contribution in [0, 0.1) is 0 Å². The molecule has 1 aliphatic rings. The number of carboxylic acid groups (broad SMARTS) is 1. The van der Waals surface area contributed by atoms with Crippen molar-refractivity contribution in [2.75, 3.05) is 10.3 Å². The average Bonchev–Trinajstić information content (AvgIpc) is 3.07. The van der Waals surface area contributed by atoms with Crippen LogP contribution >= 0.6 is 20.1 Å². The molecule has 1 aromatic carbocycles. The number of Topliss-reactive ketones (excluding diaryl/α,β-unsaturated/α-hetero) is 1. The number of halogens is 1. The van der Waals surface area contributed by atoms with Gasteiger partial charge in [0.25, 0.3) is 0 Å². The third-order valence-corrected chi connectivity index (χ3v) is 7.77. The van der Waals surface area contributed by atoms with E-state index in [2.05, 4.69) is 0 Å². The summed E-state index contributed by atoms with van der Waals surface area (Å²) in [7, 11) is 0. The molecule has 8 heteroatoms. The van der Waals surface area contributed by atoms with Crippen molar-refractivity contribution >= 4 is 37.5 Å². The molecule has 1 aromatic rings. The summed E-state index contributed by atoms with van der Waals surface area (Å²) in [5.74, 6) is 5.98. The Balaban J connectivity index is 2.11. The van der Waals surface area contributed by atoms with Crippen molar-refractivity contribution in [1.82, 2.24) is 0 Å². The third-order valence-electron chi connectivity index (χ3n) is 2.98. The standard InChI is InChI=1S/C12H17IN4O3/c14-9-2-1-7(5-13-6-17(13)16)3-8(9)11(18)4-10(15)12(19)20/h1-3,10,16-17H,4-6,14-15H2,(H,19,20)/t10-/m0/s1. The predicted molar refractivity (Wildman–Crippen MR) is 83.3 cm³/mol. The average molecular weight is 392 g/mol. The molecule has 0 radical (unpaired) electrons. The first-order valence-electron chi connectivity index (χ1n) is 5.97. The fraction of sp³-hybridized carbons (Fsp3) is 0.333. The van der Waals surface area contributed by atoms with E-state index in [0.29, 0.717) is 11.3 Å². The van der Waals surface area contributed by atoms with Crippen LogP contribution in [-0.4, -0.2) is 27.5 Å². The van der Waals surface area contributed by atoms with Crippen LogP contribution < -0.4 is 14.7 Å². The van der Waals surface area contributed by atoms with Crippen LogP contribution in [0.5, 0.6) is 0 Å². The molecule has 1 heterocycles. The first-order chi connectivity index (χ1) is 9.38. The minimum atomic E-state index is -1.21. The summed E-state index contributed by atoms with van der Waals surface area (Å²) in [6.45, 7) is 0. The fourth-order valence-electron chi connectivity index (χ4n) is 1.76. The number of carboxylic acids is 1. The summed E-state index contributed by atoms with van der Waals surface area (Å²) in [5, 5.41) is 8.73. The van der Waals surface area contributed by atoms with Gasteiger partial charge in [-0.3, -0.25) is 0 Å². The minimum absolute atomic E-state index is 0.263. The Bertz CT molecular complexity index is 552. The van der Waals surface area contributed by atoms with Crippen LogP contribution in [0.4, 0.5) is 5.69 Å². The third kappa shape index (κ3) is 3.66. The number of hydrogen-bond acceptors (Lipinski definition) is 4. The number of nitrogens with one attached hydrogen (secondary N) is 2. The van der Waals surface area contributed by atoms with Gasteiger partial charge in [0.1, 0.15) is 0 Å². The van der Waals surface area contributed by atoms with Gasteiger partial charge in [-0.25, -0.2) is 0 Å². The van der Waals surface area contributed by atoms with Crippen molar-refractivity contribution in [3.8, 4) is 0 Å². The zero-order valence-electron chi connectivity index (χ0n) is 10.7. The molecule has 7 nitrogen and oxygen atoms in total. The molecule has 0 aromatic heterocycles. The van der Waals surface area contributed by atoms with Gasteiger partial charge in [-0.2, -0.15) is 0 Å². The topological polar surface area (TPSA) is 135 Å². The zero-order valence-corrected chi connectivity index (χ0v) is 12.9. The molecule has 0 amide bonds. The fourth-order valence-corrected chi connectivity index (χ4v) is 6.06. The van der Waals surface area contributed by atoms with E-state index in [0.717, 1.165) is 17.8 Å². The summed E-state index contributed by atoms with van der Waals surface area (Å²) >= 11 is -1.21. The van der Waals surface area contributed by atoms with Gasteiger partial charge in [0.05, 0.1) is 0 Å². The molecule has 2 atom stereocenters. The first kappa shape index (κ1) is 15.2. The Morgan fingerprint density at radius 1 is 1.50 bits per heavy atom. The molecule has 7 N–H and O–H groups in total. The zero-order chi connectivity index (χ0) is 14.9. The second kappa shape index (κ2) is 6.04. The number of carbonyl (C=O) groups excluding carboxylic acids is 1. The number of rotatable bonds is 6. The van der Waals surface area contributed by atoms with Gasteiger partial charge in [-0.15, -0.1) is 0 Å². The van der Waals surface area contributed by atoms with Gasteiger partial charge in [0, 0.05) is 0 Å². The predicted octanol–water partition coefficient (Wildman–Crippen LogP) is -0.00190. The molecule has 0 saturated carbocycles. The van der Waals surface area contributed by atoms with E-state index in [1.54, 1.807) is 12.1 Å². The Hall–Kier alpha value is -1.23. The molecule has 20 heavy (non-hydrogen) atoms. The van der Waals surface area contributed by atoms with Crippen molar-refractivity contribution in [2.45, 2.75) is 16.9 Å². The van der Waals surface area contributed by atoms with Gasteiger partial charge in [-0.1, -0.05) is 0 Å². The number of quaternary nitrogens is 1. The number of nitrogens with two attached hydrogens (primary N) is 2. The molecule has 110 valence electrons. The number of hydrogen-bond donors (Lipinski definition) is 4. The number of ketones is 1. The maximum absolute atomic E-state index is 12.0. The molecule has 1 unspecified atom stereocenters. The van der Waals surface area contributed by atoms with E-state index in [1.165, 1.54) is 0 Å². The number of aliphatic carboxylic acids is 1. The van der Waals surface area contributed by atoms with Gasteiger partial charge in [0.2, 0.25) is 0 Å². The molecular formula is C12H17IN4O3. The van der Waals surface area contributed by atoms with Crippen LogP contribution in [0.15, 0.2) is 18.2 Å². The van der Waals surface area contributed by atoms with Gasteiger partial charge in [-0.05, 0) is 0 Å². The quantitative estimate of drug-likeness (QED) is 0.103. The van der Waals surface area contributed by atoms with Crippen molar-refractivity contribution < 1.29 is 17.9 Å². The Labute approximate surface area is 123 Å². The van der Waals surface area contributed by atoms with E-state index in [4.69, 9.17) is 22.4 Å². The molecule has 2 rings (SSSR count). The summed E-state index contributed by atoms with van der Waals surface area (Å²) in [6.07, 6.45) is -0.263. The number of anilines is 1. The van der Waals surface area contributed by atoms with E-state index >= 15 is 0 Å². The van der Waals surface area contributed by atoms with Gasteiger partial charge in [0.15, 0.2) is 0 Å². The van der Waals surface area contributed by atoms with Crippen molar-refractivity contribution in [3.05, 3.63) is 35.2 Å². The van der Waals surface area contributed by atoms with Gasteiger partial charge < -0.3 is 0 Å². The van der Waals surface area contributed by atoms with Crippen LogP contribution in [0.3, 0.4) is 0 Å². The van der Waals surface area contributed by atoms with E-state index in [9.17, 15) is 9.59 Å². The number of benzene rings is 1. The Morgan fingerprint density at radius 3 is 2.70 bits per heavy atom. The van der Waals surface area contributed by atoms with E-state index < -0.39 is 32.1 Å². The Morgan fingerprint density at radius 2 is 2.15 bits per heavy atom. The summed E-state index contributed by atoms with van der Waals surface area (Å²) in [6, 6.07) is 4.04. The van der Waals surface area contributed by atoms with Crippen molar-refractivity contribution in [1.29, 1.82) is 0 Å². The van der Waals surface area contributed by atoms with Crippen molar-refractivity contribution in [2.24, 2.45) is 5.73 Å². The number of nitrogen functional groups attached to an aromatic ring is 1. The first-order valence-corrected chi connectivity index (χ1v) is 10.1. The number of carbonyl (C=O) groups is 2. The molecule has 0 bridgehead atoms. The van der Waals surface area contributed by atoms with E-state index in [1.807, 2.05) is 6.07 Å². The Kier molecular flexibility index (Phi) is 4.58. The molecule has 0 aliphatic carbocycles. The monoisotopic (exact) mass is 392 g/mol.